The molecule has 0 bridgehead atoms. The summed E-state index contributed by atoms with van der Waals surface area (Å²) in [5.74, 6) is -1.66. The van der Waals surface area contributed by atoms with Crippen LogP contribution in [-0.2, 0) is 17.9 Å². The fourth-order valence-corrected chi connectivity index (χ4v) is 2.53. The topological polar surface area (TPSA) is 131 Å². The lowest BCUT2D eigenvalue weighted by atomic mass is 10.2. The van der Waals surface area contributed by atoms with Gasteiger partial charge in [-0.25, -0.2) is 4.79 Å². The Hall–Kier alpha value is -3.95. The van der Waals surface area contributed by atoms with E-state index in [-0.39, 0.29) is 30.5 Å². The van der Waals surface area contributed by atoms with E-state index in [9.17, 15) is 14.4 Å². The standard InChI is InChI=1S/C19H20N6O4/c1-2-24-10-7-15(22-24)18(27)21-14-5-3-13(4-6-14)20-17(26)9-12-25-11-8-16(23-25)19(28)29/h3-8,10-11H,2,9,12H2,1H3,(H,20,26)(H,21,27)(H,28,29). The van der Waals surface area contributed by atoms with Crippen LogP contribution in [-0.4, -0.2) is 42.5 Å². The maximum Gasteiger partial charge on any atom is 0.356 e. The summed E-state index contributed by atoms with van der Waals surface area (Å²) in [5.41, 5.74) is 1.42. The van der Waals surface area contributed by atoms with E-state index in [1.807, 2.05) is 6.92 Å². The molecule has 0 radical (unpaired) electrons. The first kappa shape index (κ1) is 19.8. The van der Waals surface area contributed by atoms with Gasteiger partial charge in [0, 0.05) is 43.3 Å². The second-order valence-corrected chi connectivity index (χ2v) is 6.16. The molecule has 0 fully saturated rings. The van der Waals surface area contributed by atoms with Gasteiger partial charge < -0.3 is 15.7 Å². The van der Waals surface area contributed by atoms with Gasteiger partial charge in [0.05, 0.1) is 0 Å². The van der Waals surface area contributed by atoms with Gasteiger partial charge >= 0.3 is 5.97 Å². The number of carbonyl (C=O) groups is 3. The first-order valence-corrected chi connectivity index (χ1v) is 8.96. The summed E-state index contributed by atoms with van der Waals surface area (Å²) in [5, 5.41) is 22.3. The van der Waals surface area contributed by atoms with Crippen LogP contribution in [0.4, 0.5) is 11.4 Å². The molecular formula is C19H20N6O4. The summed E-state index contributed by atoms with van der Waals surface area (Å²) in [6, 6.07) is 9.73. The number of carboxylic acids is 1. The van der Waals surface area contributed by atoms with Crippen molar-refractivity contribution >= 4 is 29.2 Å². The van der Waals surface area contributed by atoms with Crippen molar-refractivity contribution in [2.24, 2.45) is 0 Å². The number of hydrogen-bond acceptors (Lipinski definition) is 5. The zero-order chi connectivity index (χ0) is 20.8. The lowest BCUT2D eigenvalue weighted by molar-refractivity contribution is -0.116. The van der Waals surface area contributed by atoms with E-state index >= 15 is 0 Å². The van der Waals surface area contributed by atoms with Crippen molar-refractivity contribution in [3.63, 3.8) is 0 Å². The van der Waals surface area contributed by atoms with Crippen LogP contribution < -0.4 is 10.6 Å². The van der Waals surface area contributed by atoms with Gasteiger partial charge in [0.25, 0.3) is 5.91 Å². The summed E-state index contributed by atoms with van der Waals surface area (Å²) in [6.07, 6.45) is 3.39. The third kappa shape index (κ3) is 5.28. The van der Waals surface area contributed by atoms with Crippen molar-refractivity contribution in [3.05, 3.63) is 60.2 Å². The number of anilines is 2. The second kappa shape index (κ2) is 8.83. The Balaban J connectivity index is 1.49. The SMILES string of the molecule is CCn1ccc(C(=O)Nc2ccc(NC(=O)CCn3ccc(C(=O)O)n3)cc2)n1. The van der Waals surface area contributed by atoms with Gasteiger partial charge in [-0.15, -0.1) is 0 Å². The Morgan fingerprint density at radius 2 is 1.48 bits per heavy atom. The predicted molar refractivity (Wildman–Crippen MR) is 105 cm³/mol. The summed E-state index contributed by atoms with van der Waals surface area (Å²) in [4.78, 5) is 35.0. The van der Waals surface area contributed by atoms with Crippen molar-refractivity contribution in [1.82, 2.24) is 19.6 Å². The smallest absolute Gasteiger partial charge is 0.356 e. The van der Waals surface area contributed by atoms with Gasteiger partial charge in [-0.2, -0.15) is 10.2 Å². The number of carbonyl (C=O) groups excluding carboxylic acids is 2. The minimum Gasteiger partial charge on any atom is -0.476 e. The number of aromatic nitrogens is 4. The van der Waals surface area contributed by atoms with Gasteiger partial charge in [-0.05, 0) is 43.3 Å². The Morgan fingerprint density at radius 1 is 0.897 bits per heavy atom. The van der Waals surface area contributed by atoms with E-state index in [0.717, 1.165) is 0 Å². The predicted octanol–water partition coefficient (Wildman–Crippen LogP) is 2.08. The van der Waals surface area contributed by atoms with Crippen LogP contribution >= 0.6 is 0 Å². The van der Waals surface area contributed by atoms with Crippen LogP contribution in [0, 0.1) is 0 Å². The van der Waals surface area contributed by atoms with Gasteiger partial charge in [-0.3, -0.25) is 19.0 Å². The lowest BCUT2D eigenvalue weighted by Gasteiger charge is -2.07. The van der Waals surface area contributed by atoms with Crippen molar-refractivity contribution in [2.75, 3.05) is 10.6 Å². The Morgan fingerprint density at radius 3 is 2.07 bits per heavy atom. The molecule has 2 aromatic heterocycles. The molecule has 2 heterocycles. The number of amides is 2. The number of aromatic carboxylic acids is 1. The molecule has 10 nitrogen and oxygen atoms in total. The van der Waals surface area contributed by atoms with Crippen molar-refractivity contribution < 1.29 is 19.5 Å². The van der Waals surface area contributed by atoms with Crippen LogP contribution in [0.1, 0.15) is 34.3 Å². The molecule has 3 rings (SSSR count). The van der Waals surface area contributed by atoms with Gasteiger partial charge in [-0.1, -0.05) is 0 Å². The van der Waals surface area contributed by atoms with Crippen molar-refractivity contribution in [3.8, 4) is 0 Å². The minimum atomic E-state index is -1.11. The number of nitrogens with zero attached hydrogens (tertiary/aromatic N) is 4. The molecule has 1 aromatic carbocycles. The molecule has 0 saturated carbocycles. The van der Waals surface area contributed by atoms with Gasteiger partial charge in [0.15, 0.2) is 11.4 Å². The highest BCUT2D eigenvalue weighted by Gasteiger charge is 2.10. The molecule has 2 amide bonds. The van der Waals surface area contributed by atoms with Gasteiger partial charge in [0.1, 0.15) is 0 Å². The van der Waals surface area contributed by atoms with E-state index in [1.165, 1.54) is 16.9 Å². The van der Waals surface area contributed by atoms with Crippen molar-refractivity contribution in [2.45, 2.75) is 26.4 Å². The maximum atomic E-state index is 12.2. The number of carboxylic acid groups (broad SMARTS) is 1. The normalized spacial score (nSPS) is 10.5. The molecule has 3 N–H and O–H groups in total. The third-order valence-electron chi connectivity index (χ3n) is 4.05. The number of nitrogens with one attached hydrogen (secondary N) is 2. The van der Waals surface area contributed by atoms with E-state index < -0.39 is 5.97 Å². The minimum absolute atomic E-state index is 0.0653. The molecule has 0 saturated heterocycles. The average Bonchev–Trinajstić information content (AvgIpc) is 3.37. The maximum absolute atomic E-state index is 12.2. The highest BCUT2D eigenvalue weighted by Crippen LogP contribution is 2.15. The monoisotopic (exact) mass is 396 g/mol. The second-order valence-electron chi connectivity index (χ2n) is 6.16. The first-order chi connectivity index (χ1) is 13.9. The summed E-state index contributed by atoms with van der Waals surface area (Å²) in [7, 11) is 0. The molecule has 150 valence electrons. The molecule has 0 aliphatic carbocycles. The fourth-order valence-electron chi connectivity index (χ4n) is 2.53. The van der Waals surface area contributed by atoms with Gasteiger partial charge in [0.2, 0.25) is 5.91 Å². The molecule has 10 heteroatoms. The largest absolute Gasteiger partial charge is 0.476 e. The molecule has 3 aromatic rings. The Labute approximate surface area is 166 Å². The number of rotatable bonds is 8. The van der Waals surface area contributed by atoms with Crippen molar-refractivity contribution in [1.29, 1.82) is 0 Å². The fraction of sp³-hybridized carbons (Fsp3) is 0.211. The van der Waals surface area contributed by atoms with E-state index in [1.54, 1.807) is 41.2 Å². The molecule has 0 spiro atoms. The van der Waals surface area contributed by atoms with E-state index in [0.29, 0.717) is 23.6 Å². The van der Waals surface area contributed by atoms with E-state index in [2.05, 4.69) is 20.8 Å². The number of benzene rings is 1. The molecule has 0 aliphatic rings. The van der Waals surface area contributed by atoms with Crippen LogP contribution in [0.15, 0.2) is 48.8 Å². The molecule has 0 unspecified atom stereocenters. The van der Waals surface area contributed by atoms with E-state index in [4.69, 9.17) is 5.11 Å². The highest BCUT2D eigenvalue weighted by molar-refractivity contribution is 6.03. The molecule has 29 heavy (non-hydrogen) atoms. The highest BCUT2D eigenvalue weighted by atomic mass is 16.4. The molecule has 0 aliphatic heterocycles. The average molecular weight is 396 g/mol. The number of aryl methyl sites for hydroxylation is 2. The first-order valence-electron chi connectivity index (χ1n) is 8.96. The van der Waals surface area contributed by atoms with Crippen LogP contribution in [0.3, 0.4) is 0 Å². The molecular weight excluding hydrogens is 376 g/mol. The quantitative estimate of drug-likeness (QED) is 0.534. The Bertz CT molecular complexity index is 1020. The Kier molecular flexibility index (Phi) is 6.03. The zero-order valence-electron chi connectivity index (χ0n) is 15.7. The van der Waals surface area contributed by atoms with Crippen LogP contribution in [0.2, 0.25) is 0 Å². The molecule has 0 atom stereocenters. The lowest BCUT2D eigenvalue weighted by Crippen LogP contribution is -2.15. The summed E-state index contributed by atoms with van der Waals surface area (Å²) < 4.78 is 3.07. The number of hydrogen-bond donors (Lipinski definition) is 3. The third-order valence-corrected chi connectivity index (χ3v) is 4.05. The van der Waals surface area contributed by atoms with Crippen LogP contribution in [0.25, 0.3) is 0 Å². The summed E-state index contributed by atoms with van der Waals surface area (Å²) in [6.45, 7) is 2.88. The van der Waals surface area contributed by atoms with Crippen LogP contribution in [0.5, 0.6) is 0 Å². The zero-order valence-corrected chi connectivity index (χ0v) is 15.7. The summed E-state index contributed by atoms with van der Waals surface area (Å²) >= 11 is 0.